The number of esters is 1. The van der Waals surface area contributed by atoms with E-state index in [1.807, 2.05) is 6.92 Å². The highest BCUT2D eigenvalue weighted by Crippen LogP contribution is 2.16. The molecule has 0 aliphatic rings. The molecule has 0 aliphatic carbocycles. The standard InChI is InChI=1S/C13H16N4O3/c1-3-8-5-17-12(20-8)7-16-11-4-9(13(18)19-2)10(14)6-15-11/h4-6H,3,7,14H2,1-2H3,(H,15,16). The topological polar surface area (TPSA) is 103 Å². The molecule has 0 aromatic carbocycles. The second-order valence-electron chi connectivity index (χ2n) is 4.08. The Morgan fingerprint density at radius 2 is 2.25 bits per heavy atom. The molecule has 0 amide bonds. The van der Waals surface area contributed by atoms with Crippen LogP contribution in [0.15, 0.2) is 22.9 Å². The first-order valence-electron chi connectivity index (χ1n) is 6.15. The second-order valence-corrected chi connectivity index (χ2v) is 4.08. The summed E-state index contributed by atoms with van der Waals surface area (Å²) in [4.78, 5) is 19.7. The van der Waals surface area contributed by atoms with Crippen molar-refractivity contribution >= 4 is 17.5 Å². The van der Waals surface area contributed by atoms with Crippen LogP contribution in [-0.2, 0) is 17.7 Å². The summed E-state index contributed by atoms with van der Waals surface area (Å²) in [7, 11) is 1.30. The molecule has 7 nitrogen and oxygen atoms in total. The molecule has 0 fully saturated rings. The van der Waals surface area contributed by atoms with Crippen LogP contribution in [0.25, 0.3) is 0 Å². The van der Waals surface area contributed by atoms with E-state index in [1.54, 1.807) is 6.20 Å². The van der Waals surface area contributed by atoms with E-state index in [2.05, 4.69) is 20.0 Å². The van der Waals surface area contributed by atoms with Crippen LogP contribution >= 0.6 is 0 Å². The fourth-order valence-electron chi connectivity index (χ4n) is 1.61. The Labute approximate surface area is 116 Å². The van der Waals surface area contributed by atoms with Gasteiger partial charge in [-0.25, -0.2) is 14.8 Å². The van der Waals surface area contributed by atoms with Gasteiger partial charge in [0.1, 0.15) is 11.6 Å². The Kier molecular flexibility index (Phi) is 4.19. The third kappa shape index (κ3) is 3.05. The van der Waals surface area contributed by atoms with Crippen molar-refractivity contribution in [2.45, 2.75) is 19.9 Å². The average molecular weight is 276 g/mol. The van der Waals surface area contributed by atoms with E-state index in [1.165, 1.54) is 19.4 Å². The van der Waals surface area contributed by atoms with Gasteiger partial charge in [-0.05, 0) is 6.07 Å². The lowest BCUT2D eigenvalue weighted by Gasteiger charge is -2.07. The van der Waals surface area contributed by atoms with Gasteiger partial charge in [0.2, 0.25) is 5.89 Å². The van der Waals surface area contributed by atoms with Crippen molar-refractivity contribution in [1.29, 1.82) is 0 Å². The van der Waals surface area contributed by atoms with E-state index in [-0.39, 0.29) is 11.3 Å². The number of ether oxygens (including phenoxy) is 1. The van der Waals surface area contributed by atoms with Crippen molar-refractivity contribution in [1.82, 2.24) is 9.97 Å². The zero-order valence-corrected chi connectivity index (χ0v) is 11.3. The monoisotopic (exact) mass is 276 g/mol. The van der Waals surface area contributed by atoms with Gasteiger partial charge in [0, 0.05) is 6.42 Å². The van der Waals surface area contributed by atoms with E-state index in [4.69, 9.17) is 10.2 Å². The summed E-state index contributed by atoms with van der Waals surface area (Å²) in [5.74, 6) is 1.37. The molecule has 20 heavy (non-hydrogen) atoms. The van der Waals surface area contributed by atoms with Crippen LogP contribution in [0.2, 0.25) is 0 Å². The zero-order valence-electron chi connectivity index (χ0n) is 11.3. The normalized spacial score (nSPS) is 10.3. The average Bonchev–Trinajstić information content (AvgIpc) is 2.93. The fourth-order valence-corrected chi connectivity index (χ4v) is 1.61. The fraction of sp³-hybridized carbons (Fsp3) is 0.308. The lowest BCUT2D eigenvalue weighted by Crippen LogP contribution is -2.09. The molecule has 0 saturated carbocycles. The summed E-state index contributed by atoms with van der Waals surface area (Å²) in [6.07, 6.45) is 3.88. The molecule has 7 heteroatoms. The SMILES string of the molecule is CCc1cnc(CNc2cc(C(=O)OC)c(N)cn2)o1. The first-order chi connectivity index (χ1) is 9.63. The smallest absolute Gasteiger partial charge is 0.340 e. The van der Waals surface area contributed by atoms with Crippen molar-refractivity contribution in [3.8, 4) is 0 Å². The molecule has 0 atom stereocenters. The number of nitrogens with one attached hydrogen (secondary N) is 1. The van der Waals surface area contributed by atoms with Gasteiger partial charge in [-0.15, -0.1) is 0 Å². The van der Waals surface area contributed by atoms with Crippen LogP contribution in [0.5, 0.6) is 0 Å². The molecule has 2 rings (SSSR count). The Bertz CT molecular complexity index is 609. The highest BCUT2D eigenvalue weighted by molar-refractivity contribution is 5.95. The lowest BCUT2D eigenvalue weighted by molar-refractivity contribution is 0.0602. The number of anilines is 2. The molecule has 3 N–H and O–H groups in total. The minimum Gasteiger partial charge on any atom is -0.465 e. The van der Waals surface area contributed by atoms with Crippen LogP contribution < -0.4 is 11.1 Å². The predicted molar refractivity (Wildman–Crippen MR) is 73.2 cm³/mol. The number of nitrogen functional groups attached to an aromatic ring is 1. The first kappa shape index (κ1) is 13.9. The zero-order chi connectivity index (χ0) is 14.5. The van der Waals surface area contributed by atoms with Gasteiger partial charge < -0.3 is 20.2 Å². The molecule has 2 aromatic rings. The van der Waals surface area contributed by atoms with Gasteiger partial charge >= 0.3 is 5.97 Å². The number of hydrogen-bond acceptors (Lipinski definition) is 7. The van der Waals surface area contributed by atoms with Crippen LogP contribution in [0.3, 0.4) is 0 Å². The number of nitrogens with two attached hydrogens (primary N) is 1. The molecule has 106 valence electrons. The summed E-state index contributed by atoms with van der Waals surface area (Å²) < 4.78 is 10.1. The Hall–Kier alpha value is -2.57. The van der Waals surface area contributed by atoms with Gasteiger partial charge in [0.25, 0.3) is 0 Å². The summed E-state index contributed by atoms with van der Waals surface area (Å²) in [6.45, 7) is 2.36. The van der Waals surface area contributed by atoms with Gasteiger partial charge in [-0.2, -0.15) is 0 Å². The highest BCUT2D eigenvalue weighted by Gasteiger charge is 2.12. The van der Waals surface area contributed by atoms with E-state index >= 15 is 0 Å². The maximum absolute atomic E-state index is 11.5. The maximum Gasteiger partial charge on any atom is 0.340 e. The molecular weight excluding hydrogens is 260 g/mol. The molecule has 0 aliphatic heterocycles. The first-order valence-corrected chi connectivity index (χ1v) is 6.15. The number of aromatic nitrogens is 2. The van der Waals surface area contributed by atoms with Crippen LogP contribution in [0.4, 0.5) is 11.5 Å². The molecule has 0 bridgehead atoms. The summed E-state index contributed by atoms with van der Waals surface area (Å²) in [5.41, 5.74) is 6.21. The molecule has 2 heterocycles. The van der Waals surface area contributed by atoms with Gasteiger partial charge in [0.15, 0.2) is 0 Å². The number of pyridine rings is 1. The molecule has 0 radical (unpaired) electrons. The van der Waals surface area contributed by atoms with Gasteiger partial charge in [0.05, 0.1) is 37.3 Å². The maximum atomic E-state index is 11.5. The number of nitrogens with zero attached hydrogens (tertiary/aromatic N) is 2. The highest BCUT2D eigenvalue weighted by atomic mass is 16.5. The quantitative estimate of drug-likeness (QED) is 0.799. The predicted octanol–water partition coefficient (Wildman–Crippen LogP) is 1.61. The number of rotatable bonds is 5. The molecule has 2 aromatic heterocycles. The third-order valence-corrected chi connectivity index (χ3v) is 2.71. The third-order valence-electron chi connectivity index (χ3n) is 2.71. The number of carbonyl (C=O) groups excluding carboxylic acids is 1. The van der Waals surface area contributed by atoms with Crippen LogP contribution in [0, 0.1) is 0 Å². The Morgan fingerprint density at radius 1 is 1.45 bits per heavy atom. The molecule has 0 saturated heterocycles. The minimum atomic E-state index is -0.502. The summed E-state index contributed by atoms with van der Waals surface area (Å²) in [5, 5.41) is 3.01. The lowest BCUT2D eigenvalue weighted by atomic mass is 10.2. The van der Waals surface area contributed by atoms with E-state index in [0.29, 0.717) is 18.3 Å². The Morgan fingerprint density at radius 3 is 2.90 bits per heavy atom. The number of carbonyl (C=O) groups is 1. The van der Waals surface area contributed by atoms with Gasteiger partial charge in [-0.1, -0.05) is 6.92 Å². The van der Waals surface area contributed by atoms with Crippen LogP contribution in [0.1, 0.15) is 28.9 Å². The number of hydrogen-bond donors (Lipinski definition) is 2. The second kappa shape index (κ2) is 6.05. The van der Waals surface area contributed by atoms with Crippen molar-refractivity contribution in [3.63, 3.8) is 0 Å². The number of aryl methyl sites for hydroxylation is 1. The van der Waals surface area contributed by atoms with E-state index < -0.39 is 5.97 Å². The van der Waals surface area contributed by atoms with E-state index in [0.717, 1.165) is 12.2 Å². The largest absolute Gasteiger partial charge is 0.465 e. The van der Waals surface area contributed by atoms with Crippen molar-refractivity contribution < 1.29 is 13.9 Å². The van der Waals surface area contributed by atoms with Crippen LogP contribution in [-0.4, -0.2) is 23.0 Å². The van der Waals surface area contributed by atoms with Crippen molar-refractivity contribution in [2.75, 3.05) is 18.2 Å². The Balaban J connectivity index is 2.08. The van der Waals surface area contributed by atoms with Gasteiger partial charge in [-0.3, -0.25) is 0 Å². The number of methoxy groups -OCH3 is 1. The number of oxazole rings is 1. The summed E-state index contributed by atoms with van der Waals surface area (Å²) >= 11 is 0. The minimum absolute atomic E-state index is 0.270. The van der Waals surface area contributed by atoms with Crippen molar-refractivity contribution in [3.05, 3.63) is 35.7 Å². The molecule has 0 spiro atoms. The molecular formula is C13H16N4O3. The van der Waals surface area contributed by atoms with Crippen molar-refractivity contribution in [2.24, 2.45) is 0 Å². The molecule has 0 unspecified atom stereocenters. The van der Waals surface area contributed by atoms with E-state index in [9.17, 15) is 4.79 Å². The summed E-state index contributed by atoms with van der Waals surface area (Å²) in [6, 6.07) is 1.53.